The molecule has 120 valence electrons. The van der Waals surface area contributed by atoms with Crippen molar-refractivity contribution in [1.82, 2.24) is 10.3 Å². The van der Waals surface area contributed by atoms with Gasteiger partial charge in [-0.25, -0.2) is 9.78 Å². The maximum absolute atomic E-state index is 12.3. The Bertz CT molecular complexity index is 739. The Labute approximate surface area is 135 Å². The van der Waals surface area contributed by atoms with Gasteiger partial charge in [0.25, 0.3) is 5.91 Å². The number of aromatic carboxylic acids is 1. The topological polar surface area (TPSA) is 79.3 Å². The Balaban J connectivity index is 2.11. The molecule has 1 amide bonds. The van der Waals surface area contributed by atoms with Crippen molar-refractivity contribution < 1.29 is 14.7 Å². The summed E-state index contributed by atoms with van der Waals surface area (Å²) in [5.41, 5.74) is 2.25. The number of carbonyl (C=O) groups is 2. The van der Waals surface area contributed by atoms with Gasteiger partial charge < -0.3 is 10.4 Å². The van der Waals surface area contributed by atoms with E-state index < -0.39 is 5.97 Å². The van der Waals surface area contributed by atoms with Crippen molar-refractivity contribution in [2.45, 2.75) is 26.2 Å². The first-order chi connectivity index (χ1) is 10.8. The van der Waals surface area contributed by atoms with E-state index in [9.17, 15) is 9.59 Å². The molecule has 0 atom stereocenters. The first-order valence-corrected chi connectivity index (χ1v) is 7.35. The molecule has 0 aliphatic carbocycles. The lowest BCUT2D eigenvalue weighted by Gasteiger charge is -2.27. The van der Waals surface area contributed by atoms with Crippen molar-refractivity contribution in [2.24, 2.45) is 0 Å². The molecule has 0 aliphatic heterocycles. The fourth-order valence-electron chi connectivity index (χ4n) is 2.52. The molecule has 2 aromatic rings. The van der Waals surface area contributed by atoms with E-state index in [0.717, 1.165) is 0 Å². The molecule has 5 nitrogen and oxygen atoms in total. The van der Waals surface area contributed by atoms with E-state index in [4.69, 9.17) is 5.11 Å². The summed E-state index contributed by atoms with van der Waals surface area (Å²) < 4.78 is 0. The van der Waals surface area contributed by atoms with Crippen LogP contribution in [-0.4, -0.2) is 28.5 Å². The molecule has 0 saturated carbocycles. The summed E-state index contributed by atoms with van der Waals surface area (Å²) in [5, 5.41) is 11.8. The number of carboxylic acids is 1. The lowest BCUT2D eigenvalue weighted by atomic mass is 9.82. The number of carboxylic acid groups (broad SMARTS) is 1. The third kappa shape index (κ3) is 3.94. The third-order valence-electron chi connectivity index (χ3n) is 3.81. The summed E-state index contributed by atoms with van der Waals surface area (Å²) in [6.45, 7) is 6.61. The average Bonchev–Trinajstić information content (AvgIpc) is 2.53. The highest BCUT2D eigenvalue weighted by molar-refractivity contribution is 5.96. The van der Waals surface area contributed by atoms with Gasteiger partial charge in [0.1, 0.15) is 5.69 Å². The van der Waals surface area contributed by atoms with E-state index in [0.29, 0.717) is 6.54 Å². The van der Waals surface area contributed by atoms with E-state index in [1.165, 1.54) is 29.5 Å². The average molecular weight is 312 g/mol. The fraction of sp³-hybridized carbons (Fsp3) is 0.278. The van der Waals surface area contributed by atoms with Crippen LogP contribution in [0, 0.1) is 6.92 Å². The van der Waals surface area contributed by atoms with Crippen molar-refractivity contribution in [3.63, 3.8) is 0 Å². The minimum atomic E-state index is -1.15. The Morgan fingerprint density at radius 1 is 1.22 bits per heavy atom. The fourth-order valence-corrected chi connectivity index (χ4v) is 2.52. The SMILES string of the molecule is Cc1ccccc1C(C)(C)CNC(=O)c1ccnc(C(=O)O)c1. The van der Waals surface area contributed by atoms with Crippen LogP contribution in [0.5, 0.6) is 0 Å². The maximum atomic E-state index is 12.3. The largest absolute Gasteiger partial charge is 0.477 e. The van der Waals surface area contributed by atoms with Crippen LogP contribution in [0.15, 0.2) is 42.6 Å². The van der Waals surface area contributed by atoms with Gasteiger partial charge in [0.15, 0.2) is 0 Å². The molecule has 1 aromatic heterocycles. The first kappa shape index (κ1) is 16.7. The molecule has 1 aromatic carbocycles. The molecule has 0 bridgehead atoms. The highest BCUT2D eigenvalue weighted by Gasteiger charge is 2.23. The number of aryl methyl sites for hydroxylation is 1. The Kier molecular flexibility index (Phi) is 4.79. The Hall–Kier alpha value is -2.69. The van der Waals surface area contributed by atoms with E-state index in [-0.39, 0.29) is 22.6 Å². The number of nitrogens with one attached hydrogen (secondary N) is 1. The van der Waals surface area contributed by atoms with Crippen LogP contribution < -0.4 is 5.32 Å². The molecule has 1 heterocycles. The lowest BCUT2D eigenvalue weighted by molar-refractivity contribution is 0.0690. The third-order valence-corrected chi connectivity index (χ3v) is 3.81. The van der Waals surface area contributed by atoms with Gasteiger partial charge in [-0.1, -0.05) is 38.1 Å². The number of hydrogen-bond acceptors (Lipinski definition) is 3. The summed E-state index contributed by atoms with van der Waals surface area (Å²) in [6.07, 6.45) is 1.32. The summed E-state index contributed by atoms with van der Waals surface area (Å²) in [5.74, 6) is -1.46. The molecule has 0 fully saturated rings. The molecule has 0 spiro atoms. The van der Waals surface area contributed by atoms with Gasteiger partial charge in [0.05, 0.1) is 0 Å². The highest BCUT2D eigenvalue weighted by atomic mass is 16.4. The number of rotatable bonds is 5. The minimum Gasteiger partial charge on any atom is -0.477 e. The lowest BCUT2D eigenvalue weighted by Crippen LogP contribution is -2.37. The number of nitrogens with zero attached hydrogens (tertiary/aromatic N) is 1. The van der Waals surface area contributed by atoms with E-state index in [1.807, 2.05) is 25.1 Å². The predicted octanol–water partition coefficient (Wildman–Crippen LogP) is 2.80. The second-order valence-electron chi connectivity index (χ2n) is 6.12. The van der Waals surface area contributed by atoms with Crippen molar-refractivity contribution >= 4 is 11.9 Å². The number of amides is 1. The molecule has 2 rings (SSSR count). The van der Waals surface area contributed by atoms with Gasteiger partial charge in [-0.05, 0) is 30.2 Å². The maximum Gasteiger partial charge on any atom is 0.354 e. The summed E-state index contributed by atoms with van der Waals surface area (Å²) in [6, 6.07) is 10.8. The molecular formula is C18H20N2O3. The van der Waals surface area contributed by atoms with Gasteiger partial charge in [-0.2, -0.15) is 0 Å². The van der Waals surface area contributed by atoms with E-state index >= 15 is 0 Å². The number of carbonyl (C=O) groups excluding carboxylic acids is 1. The summed E-state index contributed by atoms with van der Waals surface area (Å²) in [7, 11) is 0. The van der Waals surface area contributed by atoms with Crippen LogP contribution in [0.1, 0.15) is 45.8 Å². The van der Waals surface area contributed by atoms with Crippen molar-refractivity contribution in [3.05, 3.63) is 65.0 Å². The number of hydrogen-bond donors (Lipinski definition) is 2. The predicted molar refractivity (Wildman–Crippen MR) is 87.7 cm³/mol. The van der Waals surface area contributed by atoms with Crippen molar-refractivity contribution in [3.8, 4) is 0 Å². The van der Waals surface area contributed by atoms with Gasteiger partial charge in [-0.15, -0.1) is 0 Å². The number of aromatic nitrogens is 1. The Morgan fingerprint density at radius 2 is 1.91 bits per heavy atom. The second kappa shape index (κ2) is 6.60. The smallest absolute Gasteiger partial charge is 0.354 e. The molecule has 0 unspecified atom stereocenters. The van der Waals surface area contributed by atoms with Crippen LogP contribution in [0.25, 0.3) is 0 Å². The summed E-state index contributed by atoms with van der Waals surface area (Å²) in [4.78, 5) is 26.9. The molecule has 0 saturated heterocycles. The number of pyridine rings is 1. The quantitative estimate of drug-likeness (QED) is 0.889. The zero-order chi connectivity index (χ0) is 17.0. The standard InChI is InChI=1S/C18H20N2O3/c1-12-6-4-5-7-14(12)18(2,3)11-20-16(21)13-8-9-19-15(10-13)17(22)23/h4-10H,11H2,1-3H3,(H,20,21)(H,22,23). The van der Waals surface area contributed by atoms with Crippen LogP contribution >= 0.6 is 0 Å². The monoisotopic (exact) mass is 312 g/mol. The first-order valence-electron chi connectivity index (χ1n) is 7.35. The zero-order valence-corrected chi connectivity index (χ0v) is 13.5. The molecule has 0 aliphatic rings. The second-order valence-corrected chi connectivity index (χ2v) is 6.12. The molecule has 2 N–H and O–H groups in total. The molecule has 23 heavy (non-hydrogen) atoms. The van der Waals surface area contributed by atoms with Crippen molar-refractivity contribution in [2.75, 3.05) is 6.54 Å². The van der Waals surface area contributed by atoms with Gasteiger partial charge in [-0.3, -0.25) is 4.79 Å². The normalized spacial score (nSPS) is 11.1. The number of benzene rings is 1. The van der Waals surface area contributed by atoms with Crippen LogP contribution in [0.4, 0.5) is 0 Å². The van der Waals surface area contributed by atoms with Gasteiger partial charge in [0, 0.05) is 23.7 Å². The zero-order valence-electron chi connectivity index (χ0n) is 13.5. The molecule has 5 heteroatoms. The van der Waals surface area contributed by atoms with Crippen LogP contribution in [0.3, 0.4) is 0 Å². The van der Waals surface area contributed by atoms with Gasteiger partial charge in [0.2, 0.25) is 0 Å². The van der Waals surface area contributed by atoms with Crippen molar-refractivity contribution in [1.29, 1.82) is 0 Å². The summed E-state index contributed by atoms with van der Waals surface area (Å²) >= 11 is 0. The minimum absolute atomic E-state index is 0.143. The van der Waals surface area contributed by atoms with Crippen LogP contribution in [0.2, 0.25) is 0 Å². The van der Waals surface area contributed by atoms with Gasteiger partial charge >= 0.3 is 5.97 Å². The Morgan fingerprint density at radius 3 is 2.57 bits per heavy atom. The molecule has 0 radical (unpaired) electrons. The van der Waals surface area contributed by atoms with E-state index in [1.54, 1.807) is 0 Å². The van der Waals surface area contributed by atoms with Crippen LogP contribution in [-0.2, 0) is 5.41 Å². The molecular weight excluding hydrogens is 292 g/mol. The highest BCUT2D eigenvalue weighted by Crippen LogP contribution is 2.25. The van der Waals surface area contributed by atoms with E-state index in [2.05, 4.69) is 30.2 Å².